The molecule has 0 saturated carbocycles. The summed E-state index contributed by atoms with van der Waals surface area (Å²) in [5.41, 5.74) is 0. The predicted octanol–water partition coefficient (Wildman–Crippen LogP) is -0.0100. The smallest absolute Gasteiger partial charge is 0 e. The fourth-order valence-corrected chi connectivity index (χ4v) is 0. The number of rotatable bonds is 0. The average molecular weight is 249 g/mol. The molecule has 4 heavy (non-hydrogen) atoms. The fourth-order valence-electron chi connectivity index (χ4n) is 0. The standard InChI is InChI=1S/Ni.Ti.V.Zr. The van der Waals surface area contributed by atoms with Gasteiger partial charge in [-0.25, -0.2) is 0 Å². The largest absolute Gasteiger partial charge is 0 e. The second kappa shape index (κ2) is 17.3. The van der Waals surface area contributed by atoms with E-state index in [2.05, 4.69) is 0 Å². The zero-order chi connectivity index (χ0) is 0. The Morgan fingerprint density at radius 3 is 1.00 bits per heavy atom. The van der Waals surface area contributed by atoms with Gasteiger partial charge < -0.3 is 0 Å². The van der Waals surface area contributed by atoms with Crippen molar-refractivity contribution in [1.82, 2.24) is 0 Å². The molecule has 0 fully saturated rings. The number of hydrogen-bond acceptors (Lipinski definition) is 0. The first-order valence-corrected chi connectivity index (χ1v) is 0. The van der Waals surface area contributed by atoms with Gasteiger partial charge in [0.25, 0.3) is 0 Å². The van der Waals surface area contributed by atoms with Gasteiger partial charge in [-0.2, -0.15) is 0 Å². The molecule has 0 saturated heterocycles. The van der Waals surface area contributed by atoms with Crippen LogP contribution in [0.5, 0.6) is 0 Å². The average Bonchev–Trinajstić information content (AvgIpc) is 0. The summed E-state index contributed by atoms with van der Waals surface area (Å²) in [6.07, 6.45) is 0. The first kappa shape index (κ1) is 30.0. The van der Waals surface area contributed by atoms with Gasteiger partial charge in [-0.15, -0.1) is 0 Å². The zero-order valence-corrected chi connectivity index (χ0v) is 8.17. The minimum absolute atomic E-state index is 0. The Morgan fingerprint density at radius 2 is 1.00 bits per heavy atom. The van der Waals surface area contributed by atoms with Crippen molar-refractivity contribution in [1.29, 1.82) is 0 Å². The van der Waals surface area contributed by atoms with Crippen molar-refractivity contribution in [2.24, 2.45) is 0 Å². The molecule has 0 spiro atoms. The normalized spacial score (nSPS) is 0. The van der Waals surface area contributed by atoms with Gasteiger partial charge in [0.15, 0.2) is 0 Å². The topological polar surface area (TPSA) is 0 Å². The van der Waals surface area contributed by atoms with E-state index in [0.717, 1.165) is 0 Å². The van der Waals surface area contributed by atoms with E-state index in [1.54, 1.807) is 0 Å². The number of hydrogen-bond donors (Lipinski definition) is 0. The summed E-state index contributed by atoms with van der Waals surface area (Å²) < 4.78 is 0. The van der Waals surface area contributed by atoms with Crippen LogP contribution in [0.15, 0.2) is 0 Å². The van der Waals surface area contributed by atoms with E-state index in [4.69, 9.17) is 0 Å². The van der Waals surface area contributed by atoms with Crippen molar-refractivity contribution in [2.75, 3.05) is 0 Å². The van der Waals surface area contributed by atoms with Gasteiger partial charge in [-0.05, 0) is 0 Å². The van der Waals surface area contributed by atoms with Gasteiger partial charge >= 0.3 is 0 Å². The maximum Gasteiger partial charge on any atom is 0 e. The summed E-state index contributed by atoms with van der Waals surface area (Å²) in [6, 6.07) is 0. The molecule has 4 heteroatoms. The summed E-state index contributed by atoms with van der Waals surface area (Å²) in [7, 11) is 0. The second-order valence-corrected chi connectivity index (χ2v) is 0. The summed E-state index contributed by atoms with van der Waals surface area (Å²) in [4.78, 5) is 0. The predicted molar refractivity (Wildman–Crippen MR) is 0 cm³/mol. The molecule has 23 valence electrons. The summed E-state index contributed by atoms with van der Waals surface area (Å²) in [5, 5.41) is 0. The van der Waals surface area contributed by atoms with Crippen molar-refractivity contribution in [2.45, 2.75) is 0 Å². The quantitative estimate of drug-likeness (QED) is 0.529. The molecule has 0 amide bonds. The van der Waals surface area contributed by atoms with Crippen LogP contribution in [-0.2, 0) is 83.0 Å². The van der Waals surface area contributed by atoms with Crippen molar-refractivity contribution in [3.05, 3.63) is 0 Å². The maximum atomic E-state index is 0. The van der Waals surface area contributed by atoms with Crippen LogP contribution in [-0.4, -0.2) is 0 Å². The van der Waals surface area contributed by atoms with Gasteiger partial charge in [-0.3, -0.25) is 0 Å². The van der Waals surface area contributed by atoms with Crippen LogP contribution >= 0.6 is 0 Å². The van der Waals surface area contributed by atoms with Crippen molar-refractivity contribution in [3.8, 4) is 0 Å². The van der Waals surface area contributed by atoms with Crippen LogP contribution in [0.25, 0.3) is 0 Å². The molecule has 0 aliphatic carbocycles. The van der Waals surface area contributed by atoms with Crippen LogP contribution in [0.4, 0.5) is 0 Å². The second-order valence-electron chi connectivity index (χ2n) is 0. The van der Waals surface area contributed by atoms with Crippen molar-refractivity contribution in [3.63, 3.8) is 0 Å². The summed E-state index contributed by atoms with van der Waals surface area (Å²) in [6.45, 7) is 0. The van der Waals surface area contributed by atoms with Crippen LogP contribution in [0, 0.1) is 0 Å². The van der Waals surface area contributed by atoms with Crippen LogP contribution in [0.1, 0.15) is 0 Å². The minimum atomic E-state index is 0. The molecule has 0 rings (SSSR count). The molecular formula is NiTiVZr. The molecule has 0 aliphatic heterocycles. The van der Waals surface area contributed by atoms with E-state index in [1.807, 2.05) is 0 Å². The minimum Gasteiger partial charge on any atom is 0 e. The fraction of sp³-hybridized carbons (Fsp3) is 0. The third-order valence-electron chi connectivity index (χ3n) is 0. The molecule has 0 heterocycles. The monoisotopic (exact) mass is 247 g/mol. The Bertz CT molecular complexity index is 8.00. The van der Waals surface area contributed by atoms with Crippen LogP contribution in [0.2, 0.25) is 0 Å². The molecule has 1 radical (unpaired) electrons. The summed E-state index contributed by atoms with van der Waals surface area (Å²) in [5.74, 6) is 0. The van der Waals surface area contributed by atoms with Gasteiger partial charge in [0.2, 0.25) is 0 Å². The SMILES string of the molecule is [Ni].[Ti].[V].[Zr]. The van der Waals surface area contributed by atoms with Crippen LogP contribution in [0.3, 0.4) is 0 Å². The Kier molecular flexibility index (Phi) is 130. The first-order valence-electron chi connectivity index (χ1n) is 0. The Hall–Kier alpha value is 2.68. The van der Waals surface area contributed by atoms with Gasteiger partial charge in [-0.1, -0.05) is 0 Å². The molecule has 0 N–H and O–H groups in total. The molecule has 0 bridgehead atoms. The van der Waals surface area contributed by atoms with E-state index in [-0.39, 0.29) is 83.0 Å². The van der Waals surface area contributed by atoms with E-state index in [0.29, 0.717) is 0 Å². The third-order valence-corrected chi connectivity index (χ3v) is 0. The Morgan fingerprint density at radius 1 is 1.00 bits per heavy atom. The van der Waals surface area contributed by atoms with E-state index >= 15 is 0 Å². The Balaban J connectivity index is 0. The third kappa shape index (κ3) is 8.82. The molecule has 0 aliphatic rings. The van der Waals surface area contributed by atoms with Gasteiger partial charge in [0, 0.05) is 83.0 Å². The molecule has 0 atom stereocenters. The van der Waals surface area contributed by atoms with E-state index in [1.165, 1.54) is 0 Å². The first-order chi connectivity index (χ1) is 0. The van der Waals surface area contributed by atoms with Gasteiger partial charge in [0.1, 0.15) is 0 Å². The zero-order valence-electron chi connectivity index (χ0n) is 1.76. The molecule has 0 aromatic rings. The van der Waals surface area contributed by atoms with E-state index in [9.17, 15) is 0 Å². The molecule has 0 nitrogen and oxygen atoms in total. The van der Waals surface area contributed by atoms with Crippen LogP contribution < -0.4 is 0 Å². The molecular weight excluding hydrogens is 249 g/mol. The van der Waals surface area contributed by atoms with Gasteiger partial charge in [0.05, 0.1) is 0 Å². The van der Waals surface area contributed by atoms with Crippen molar-refractivity contribution >= 4 is 0 Å². The molecule has 0 aromatic heterocycles. The molecule has 0 unspecified atom stereocenters. The van der Waals surface area contributed by atoms with Crippen molar-refractivity contribution < 1.29 is 83.0 Å². The Labute approximate surface area is 81.7 Å². The summed E-state index contributed by atoms with van der Waals surface area (Å²) >= 11 is 0. The van der Waals surface area contributed by atoms with E-state index < -0.39 is 0 Å². The maximum absolute atomic E-state index is 0. The molecule has 0 aromatic carbocycles.